The molecule has 0 fully saturated rings. The maximum Gasteiger partial charge on any atom is 0.419 e. The van der Waals surface area contributed by atoms with Crippen molar-refractivity contribution < 1.29 is 31.8 Å². The van der Waals surface area contributed by atoms with Gasteiger partial charge in [-0.05, 0) is 44.2 Å². The summed E-state index contributed by atoms with van der Waals surface area (Å²) >= 11 is 0. The van der Waals surface area contributed by atoms with Gasteiger partial charge in [0.1, 0.15) is 17.3 Å². The highest BCUT2D eigenvalue weighted by Crippen LogP contribution is 2.33. The van der Waals surface area contributed by atoms with Crippen LogP contribution in [-0.2, 0) is 6.18 Å². The molecule has 0 spiro atoms. The van der Waals surface area contributed by atoms with Gasteiger partial charge < -0.3 is 14.8 Å². The molecule has 0 aliphatic rings. The molecule has 0 unspecified atom stereocenters. The average Bonchev–Trinajstić information content (AvgIpc) is 2.57. The van der Waals surface area contributed by atoms with Gasteiger partial charge in [0, 0.05) is 11.6 Å². The number of hydrogen-bond donors (Lipinski definition) is 1. The number of nitrogens with one attached hydrogen (secondary N) is 1. The van der Waals surface area contributed by atoms with Crippen molar-refractivity contribution in [1.29, 1.82) is 0 Å². The Bertz CT molecular complexity index is 790. The molecular weight excluding hydrogens is 354 g/mol. The average molecular weight is 371 g/mol. The van der Waals surface area contributed by atoms with E-state index in [1.54, 1.807) is 26.0 Å². The summed E-state index contributed by atoms with van der Waals surface area (Å²) in [7, 11) is 0. The standard InChI is InChI=1S/C18H17F4NO3/c1-3-25-12-6-8-16(26-4-2)15(10-12)23-17(24)11-5-7-14(19)13(9-11)18(20,21)22/h5-10H,3-4H2,1-2H3,(H,23,24). The Balaban J connectivity index is 2.33. The van der Waals surface area contributed by atoms with Gasteiger partial charge in [-0.25, -0.2) is 4.39 Å². The number of carbonyl (C=O) groups is 1. The van der Waals surface area contributed by atoms with Crippen molar-refractivity contribution in [2.75, 3.05) is 18.5 Å². The van der Waals surface area contributed by atoms with Crippen LogP contribution in [0.1, 0.15) is 29.8 Å². The molecule has 1 N–H and O–H groups in total. The highest BCUT2D eigenvalue weighted by Gasteiger charge is 2.34. The fraction of sp³-hybridized carbons (Fsp3) is 0.278. The third-order valence-corrected chi connectivity index (χ3v) is 3.34. The van der Waals surface area contributed by atoms with Crippen molar-refractivity contribution in [2.24, 2.45) is 0 Å². The minimum Gasteiger partial charge on any atom is -0.494 e. The Morgan fingerprint density at radius 2 is 1.73 bits per heavy atom. The van der Waals surface area contributed by atoms with Gasteiger partial charge in [0.25, 0.3) is 5.91 Å². The van der Waals surface area contributed by atoms with Crippen molar-refractivity contribution in [1.82, 2.24) is 0 Å². The first kappa shape index (κ1) is 19.6. The minimum absolute atomic E-state index is 0.237. The number of anilines is 1. The van der Waals surface area contributed by atoms with E-state index in [1.807, 2.05) is 0 Å². The molecule has 26 heavy (non-hydrogen) atoms. The molecule has 0 bridgehead atoms. The molecule has 2 aromatic rings. The first-order valence-corrected chi connectivity index (χ1v) is 7.84. The van der Waals surface area contributed by atoms with Gasteiger partial charge in [0.15, 0.2) is 0 Å². The second-order valence-corrected chi connectivity index (χ2v) is 5.17. The van der Waals surface area contributed by atoms with E-state index < -0.39 is 23.5 Å². The number of alkyl halides is 3. The van der Waals surface area contributed by atoms with E-state index >= 15 is 0 Å². The van der Waals surface area contributed by atoms with E-state index in [2.05, 4.69) is 5.32 Å². The molecule has 0 atom stereocenters. The lowest BCUT2D eigenvalue weighted by Crippen LogP contribution is -2.16. The highest BCUT2D eigenvalue weighted by atomic mass is 19.4. The maximum absolute atomic E-state index is 13.4. The van der Waals surface area contributed by atoms with Crippen LogP contribution in [0.3, 0.4) is 0 Å². The Hall–Kier alpha value is -2.77. The molecule has 2 rings (SSSR count). The summed E-state index contributed by atoms with van der Waals surface area (Å²) in [6.07, 6.45) is -4.90. The van der Waals surface area contributed by atoms with E-state index in [1.165, 1.54) is 6.07 Å². The number of hydrogen-bond acceptors (Lipinski definition) is 3. The summed E-state index contributed by atoms with van der Waals surface area (Å²) in [5, 5.41) is 2.47. The molecule has 0 aromatic heterocycles. The largest absolute Gasteiger partial charge is 0.494 e. The minimum atomic E-state index is -4.90. The summed E-state index contributed by atoms with van der Waals surface area (Å²) in [5.41, 5.74) is -1.60. The van der Waals surface area contributed by atoms with Gasteiger partial charge in [-0.15, -0.1) is 0 Å². The van der Waals surface area contributed by atoms with Gasteiger partial charge in [0.05, 0.1) is 24.5 Å². The molecule has 0 aliphatic heterocycles. The molecular formula is C18H17F4NO3. The van der Waals surface area contributed by atoms with Gasteiger partial charge in [-0.2, -0.15) is 13.2 Å². The predicted molar refractivity (Wildman–Crippen MR) is 88.1 cm³/mol. The molecule has 4 nitrogen and oxygen atoms in total. The Morgan fingerprint density at radius 1 is 1.04 bits per heavy atom. The second kappa shape index (κ2) is 8.07. The lowest BCUT2D eigenvalue weighted by Gasteiger charge is -2.14. The first-order valence-electron chi connectivity index (χ1n) is 7.84. The lowest BCUT2D eigenvalue weighted by molar-refractivity contribution is -0.140. The Labute approximate surface area is 147 Å². The molecule has 2 aromatic carbocycles. The van der Waals surface area contributed by atoms with Crippen LogP contribution in [0.4, 0.5) is 23.2 Å². The van der Waals surface area contributed by atoms with E-state index in [-0.39, 0.29) is 11.3 Å². The predicted octanol–water partition coefficient (Wildman–Crippen LogP) is 4.89. The van der Waals surface area contributed by atoms with Crippen LogP contribution < -0.4 is 14.8 Å². The smallest absolute Gasteiger partial charge is 0.419 e. The van der Waals surface area contributed by atoms with Crippen molar-refractivity contribution in [3.8, 4) is 11.5 Å². The fourth-order valence-corrected chi connectivity index (χ4v) is 2.22. The van der Waals surface area contributed by atoms with Crippen LogP contribution in [0, 0.1) is 5.82 Å². The van der Waals surface area contributed by atoms with E-state index in [0.717, 1.165) is 6.07 Å². The van der Waals surface area contributed by atoms with Crippen LogP contribution >= 0.6 is 0 Å². The molecule has 0 radical (unpaired) electrons. The van der Waals surface area contributed by atoms with Crippen molar-refractivity contribution in [3.05, 3.63) is 53.3 Å². The number of ether oxygens (including phenoxy) is 2. The van der Waals surface area contributed by atoms with Gasteiger partial charge >= 0.3 is 6.18 Å². The van der Waals surface area contributed by atoms with Crippen LogP contribution in [-0.4, -0.2) is 19.1 Å². The number of carbonyl (C=O) groups excluding carboxylic acids is 1. The number of benzene rings is 2. The van der Waals surface area contributed by atoms with Crippen molar-refractivity contribution in [2.45, 2.75) is 20.0 Å². The number of amides is 1. The third-order valence-electron chi connectivity index (χ3n) is 3.34. The van der Waals surface area contributed by atoms with Crippen molar-refractivity contribution >= 4 is 11.6 Å². The molecule has 0 aliphatic carbocycles. The SMILES string of the molecule is CCOc1ccc(OCC)c(NC(=O)c2ccc(F)c(C(F)(F)F)c2)c1. The van der Waals surface area contributed by atoms with Crippen LogP contribution in [0.2, 0.25) is 0 Å². The molecule has 140 valence electrons. The molecule has 0 saturated heterocycles. The quantitative estimate of drug-likeness (QED) is 0.735. The molecule has 1 amide bonds. The normalized spacial score (nSPS) is 11.2. The summed E-state index contributed by atoms with van der Waals surface area (Å²) in [4.78, 5) is 12.3. The number of halogens is 4. The summed E-state index contributed by atoms with van der Waals surface area (Å²) < 4.78 is 62.5. The molecule has 0 heterocycles. The van der Waals surface area contributed by atoms with Gasteiger partial charge in [0.2, 0.25) is 0 Å². The Kier molecular flexibility index (Phi) is 6.07. The highest BCUT2D eigenvalue weighted by molar-refractivity contribution is 6.05. The van der Waals surface area contributed by atoms with Crippen LogP contribution in [0.15, 0.2) is 36.4 Å². The fourth-order valence-electron chi connectivity index (χ4n) is 2.22. The summed E-state index contributed by atoms with van der Waals surface area (Å²) in [5.74, 6) is -1.48. The van der Waals surface area contributed by atoms with E-state index in [4.69, 9.17) is 9.47 Å². The first-order chi connectivity index (χ1) is 12.3. The van der Waals surface area contributed by atoms with E-state index in [9.17, 15) is 22.4 Å². The topological polar surface area (TPSA) is 47.6 Å². The van der Waals surface area contributed by atoms with Gasteiger partial charge in [-0.1, -0.05) is 0 Å². The Morgan fingerprint density at radius 3 is 2.35 bits per heavy atom. The van der Waals surface area contributed by atoms with Crippen molar-refractivity contribution in [3.63, 3.8) is 0 Å². The summed E-state index contributed by atoms with van der Waals surface area (Å²) in [6.45, 7) is 4.25. The van der Waals surface area contributed by atoms with E-state index in [0.29, 0.717) is 36.8 Å². The zero-order chi connectivity index (χ0) is 19.3. The monoisotopic (exact) mass is 371 g/mol. The molecule has 8 heteroatoms. The third kappa shape index (κ3) is 4.65. The maximum atomic E-state index is 13.4. The second-order valence-electron chi connectivity index (χ2n) is 5.17. The zero-order valence-corrected chi connectivity index (χ0v) is 14.1. The van der Waals surface area contributed by atoms with Crippen LogP contribution in [0.25, 0.3) is 0 Å². The molecule has 0 saturated carbocycles. The summed E-state index contributed by atoms with van der Waals surface area (Å²) in [6, 6.07) is 6.78. The van der Waals surface area contributed by atoms with Crippen LogP contribution in [0.5, 0.6) is 11.5 Å². The zero-order valence-electron chi connectivity index (χ0n) is 14.1. The number of rotatable bonds is 6. The lowest BCUT2D eigenvalue weighted by atomic mass is 10.1. The van der Waals surface area contributed by atoms with Gasteiger partial charge in [-0.3, -0.25) is 4.79 Å².